The lowest BCUT2D eigenvalue weighted by Gasteiger charge is -2.23. The van der Waals surface area contributed by atoms with Crippen molar-refractivity contribution in [2.75, 3.05) is 13.1 Å². The van der Waals surface area contributed by atoms with E-state index in [1.54, 1.807) is 12.4 Å². The predicted octanol–water partition coefficient (Wildman–Crippen LogP) is 1.65. The topological polar surface area (TPSA) is 55.6 Å². The van der Waals surface area contributed by atoms with Crippen LogP contribution in [0.1, 0.15) is 30.3 Å². The van der Waals surface area contributed by atoms with Crippen molar-refractivity contribution < 1.29 is 0 Å². The monoisotopic (exact) mass is 257 g/mol. The zero-order valence-electron chi connectivity index (χ0n) is 11.4. The highest BCUT2D eigenvalue weighted by Crippen LogP contribution is 2.29. The van der Waals surface area contributed by atoms with Gasteiger partial charge in [0.25, 0.3) is 0 Å². The van der Waals surface area contributed by atoms with E-state index in [9.17, 15) is 0 Å². The van der Waals surface area contributed by atoms with Gasteiger partial charge >= 0.3 is 0 Å². The van der Waals surface area contributed by atoms with E-state index in [4.69, 9.17) is 0 Å². The maximum atomic E-state index is 4.59. The van der Waals surface area contributed by atoms with Crippen LogP contribution in [0.25, 0.3) is 11.4 Å². The standard InChI is InChI=1S/C14H19N5/c1-10-18-9-12(19(10)2)14-13(16-6-7-17-14)11-4-3-5-15-8-11/h6-7,9,11,15H,3-5,8H2,1-2H3. The molecule has 0 aromatic carbocycles. The molecular weight excluding hydrogens is 238 g/mol. The van der Waals surface area contributed by atoms with E-state index in [1.807, 2.05) is 20.2 Å². The number of hydrogen-bond acceptors (Lipinski definition) is 4. The number of aromatic nitrogens is 4. The second-order valence-corrected chi connectivity index (χ2v) is 5.08. The molecule has 1 atom stereocenters. The Balaban J connectivity index is 2.04. The fourth-order valence-electron chi connectivity index (χ4n) is 2.65. The predicted molar refractivity (Wildman–Crippen MR) is 73.8 cm³/mol. The minimum absolute atomic E-state index is 0.452. The molecule has 0 bridgehead atoms. The van der Waals surface area contributed by atoms with Crippen molar-refractivity contribution >= 4 is 0 Å². The molecule has 3 heterocycles. The summed E-state index contributed by atoms with van der Waals surface area (Å²) >= 11 is 0. The summed E-state index contributed by atoms with van der Waals surface area (Å²) in [6.07, 6.45) is 7.81. The maximum absolute atomic E-state index is 4.59. The van der Waals surface area contributed by atoms with E-state index in [0.717, 1.165) is 36.0 Å². The van der Waals surface area contributed by atoms with E-state index in [2.05, 4.69) is 24.8 Å². The molecule has 1 fully saturated rings. The quantitative estimate of drug-likeness (QED) is 0.889. The van der Waals surface area contributed by atoms with E-state index in [1.165, 1.54) is 12.8 Å². The van der Waals surface area contributed by atoms with Gasteiger partial charge in [-0.1, -0.05) is 0 Å². The minimum atomic E-state index is 0.452. The molecule has 0 saturated carbocycles. The first kappa shape index (κ1) is 12.3. The summed E-state index contributed by atoms with van der Waals surface area (Å²) in [5, 5.41) is 3.44. The Morgan fingerprint density at radius 3 is 2.79 bits per heavy atom. The van der Waals surface area contributed by atoms with Gasteiger partial charge in [0, 0.05) is 31.9 Å². The molecule has 0 spiro atoms. The molecule has 2 aromatic heterocycles. The summed E-state index contributed by atoms with van der Waals surface area (Å²) in [7, 11) is 2.02. The van der Waals surface area contributed by atoms with Crippen LogP contribution in [0.3, 0.4) is 0 Å². The number of nitrogens with one attached hydrogen (secondary N) is 1. The lowest BCUT2D eigenvalue weighted by Crippen LogP contribution is -2.29. The Bertz CT molecular complexity index is 569. The van der Waals surface area contributed by atoms with Crippen LogP contribution < -0.4 is 5.32 Å². The molecule has 1 unspecified atom stereocenters. The Morgan fingerprint density at radius 2 is 2.11 bits per heavy atom. The summed E-state index contributed by atoms with van der Waals surface area (Å²) in [5.74, 6) is 1.45. The molecule has 3 rings (SSSR count). The van der Waals surface area contributed by atoms with Gasteiger partial charge in [0.2, 0.25) is 0 Å². The van der Waals surface area contributed by atoms with Gasteiger partial charge < -0.3 is 9.88 Å². The molecule has 1 N–H and O–H groups in total. The third-order valence-electron chi connectivity index (χ3n) is 3.87. The second-order valence-electron chi connectivity index (χ2n) is 5.08. The number of rotatable bonds is 2. The largest absolute Gasteiger partial charge is 0.330 e. The van der Waals surface area contributed by atoms with Crippen LogP contribution in [0.4, 0.5) is 0 Å². The van der Waals surface area contributed by atoms with Gasteiger partial charge in [-0.2, -0.15) is 0 Å². The Morgan fingerprint density at radius 1 is 1.26 bits per heavy atom. The van der Waals surface area contributed by atoms with Gasteiger partial charge in [-0.3, -0.25) is 9.97 Å². The molecule has 1 aliphatic heterocycles. The summed E-state index contributed by atoms with van der Waals surface area (Å²) in [6.45, 7) is 4.10. The number of nitrogens with zero attached hydrogens (tertiary/aromatic N) is 4. The van der Waals surface area contributed by atoms with E-state index in [-0.39, 0.29) is 0 Å². The fraction of sp³-hybridized carbons (Fsp3) is 0.500. The highest BCUT2D eigenvalue weighted by molar-refractivity contribution is 5.58. The molecule has 100 valence electrons. The SMILES string of the molecule is Cc1ncc(-c2nccnc2C2CCCNC2)n1C. The summed E-state index contributed by atoms with van der Waals surface area (Å²) < 4.78 is 2.07. The van der Waals surface area contributed by atoms with Gasteiger partial charge in [0.05, 0.1) is 17.6 Å². The van der Waals surface area contributed by atoms with Crippen LogP contribution in [0, 0.1) is 6.92 Å². The Hall–Kier alpha value is -1.75. The third-order valence-corrected chi connectivity index (χ3v) is 3.87. The van der Waals surface area contributed by atoms with Crippen molar-refractivity contribution in [1.82, 2.24) is 24.8 Å². The van der Waals surface area contributed by atoms with Gasteiger partial charge in [-0.25, -0.2) is 4.98 Å². The first-order chi connectivity index (χ1) is 9.27. The molecule has 5 nitrogen and oxygen atoms in total. The zero-order valence-corrected chi connectivity index (χ0v) is 11.4. The van der Waals surface area contributed by atoms with Crippen molar-refractivity contribution in [2.45, 2.75) is 25.7 Å². The molecule has 0 aliphatic carbocycles. The van der Waals surface area contributed by atoms with Gasteiger partial charge in [0.1, 0.15) is 11.5 Å². The fourth-order valence-corrected chi connectivity index (χ4v) is 2.65. The summed E-state index contributed by atoms with van der Waals surface area (Å²) in [5.41, 5.74) is 3.11. The molecule has 0 amide bonds. The van der Waals surface area contributed by atoms with E-state index >= 15 is 0 Å². The van der Waals surface area contributed by atoms with Crippen molar-refractivity contribution in [3.63, 3.8) is 0 Å². The molecule has 2 aromatic rings. The lowest BCUT2D eigenvalue weighted by atomic mass is 9.94. The van der Waals surface area contributed by atoms with Crippen LogP contribution in [0.2, 0.25) is 0 Å². The van der Waals surface area contributed by atoms with Crippen LogP contribution in [0.5, 0.6) is 0 Å². The van der Waals surface area contributed by atoms with Gasteiger partial charge in [0.15, 0.2) is 0 Å². The molecule has 0 radical (unpaired) electrons. The van der Waals surface area contributed by atoms with Crippen molar-refractivity contribution in [1.29, 1.82) is 0 Å². The zero-order chi connectivity index (χ0) is 13.2. The number of imidazole rings is 1. The van der Waals surface area contributed by atoms with E-state index < -0.39 is 0 Å². The van der Waals surface area contributed by atoms with E-state index in [0.29, 0.717) is 5.92 Å². The molecule has 1 aliphatic rings. The first-order valence-electron chi connectivity index (χ1n) is 6.77. The average Bonchev–Trinajstić information content (AvgIpc) is 2.80. The van der Waals surface area contributed by atoms with Crippen LogP contribution in [-0.4, -0.2) is 32.6 Å². The maximum Gasteiger partial charge on any atom is 0.110 e. The highest BCUT2D eigenvalue weighted by atomic mass is 15.1. The number of piperidine rings is 1. The van der Waals surface area contributed by atoms with Crippen molar-refractivity contribution in [3.8, 4) is 11.4 Å². The minimum Gasteiger partial charge on any atom is -0.330 e. The second kappa shape index (κ2) is 5.09. The Kier molecular flexibility index (Phi) is 3.29. The molecule has 5 heteroatoms. The van der Waals surface area contributed by atoms with Crippen molar-refractivity contribution in [2.24, 2.45) is 7.05 Å². The van der Waals surface area contributed by atoms with Crippen LogP contribution in [0.15, 0.2) is 18.6 Å². The smallest absolute Gasteiger partial charge is 0.110 e. The Labute approximate surface area is 113 Å². The van der Waals surface area contributed by atoms with Crippen LogP contribution in [-0.2, 0) is 7.05 Å². The summed E-state index contributed by atoms with van der Waals surface area (Å²) in [6, 6.07) is 0. The van der Waals surface area contributed by atoms with Crippen molar-refractivity contribution in [3.05, 3.63) is 30.1 Å². The van der Waals surface area contributed by atoms with Crippen LogP contribution >= 0.6 is 0 Å². The number of hydrogen-bond donors (Lipinski definition) is 1. The lowest BCUT2D eigenvalue weighted by molar-refractivity contribution is 0.454. The number of aryl methyl sites for hydroxylation is 1. The summed E-state index contributed by atoms with van der Waals surface area (Å²) in [4.78, 5) is 13.5. The first-order valence-corrected chi connectivity index (χ1v) is 6.77. The van der Waals surface area contributed by atoms with Gasteiger partial charge in [-0.15, -0.1) is 0 Å². The highest BCUT2D eigenvalue weighted by Gasteiger charge is 2.22. The third kappa shape index (κ3) is 2.26. The molecule has 19 heavy (non-hydrogen) atoms. The molecular formula is C14H19N5. The normalized spacial score (nSPS) is 19.6. The molecule has 1 saturated heterocycles. The van der Waals surface area contributed by atoms with Gasteiger partial charge in [-0.05, 0) is 26.3 Å². The average molecular weight is 257 g/mol.